The van der Waals surface area contributed by atoms with Gasteiger partial charge in [0.15, 0.2) is 0 Å². The summed E-state index contributed by atoms with van der Waals surface area (Å²) in [5.41, 5.74) is 0.792. The Kier molecular flexibility index (Phi) is 1.34. The third-order valence-corrected chi connectivity index (χ3v) is 4.62. The second-order valence-electron chi connectivity index (χ2n) is 5.18. The molecule has 2 bridgehead atoms. The van der Waals surface area contributed by atoms with Gasteiger partial charge in [-0.2, -0.15) is 0 Å². The van der Waals surface area contributed by atoms with Gasteiger partial charge in [-0.3, -0.25) is 0 Å². The molecule has 0 spiro atoms. The Morgan fingerprint density at radius 3 is 2.85 bits per heavy atom. The van der Waals surface area contributed by atoms with E-state index in [1.807, 2.05) is 0 Å². The Morgan fingerprint density at radius 2 is 2.08 bits per heavy atom. The van der Waals surface area contributed by atoms with E-state index in [1.54, 1.807) is 0 Å². The first-order valence-corrected chi connectivity index (χ1v) is 5.30. The highest BCUT2D eigenvalue weighted by Gasteiger charge is 2.61. The second kappa shape index (κ2) is 2.18. The molecule has 1 aliphatic heterocycles. The molecule has 2 N–H and O–H groups in total. The number of hydrogen-bond donors (Lipinski definition) is 2. The third kappa shape index (κ3) is 0.767. The average molecular weight is 178 g/mol. The van der Waals surface area contributed by atoms with Crippen molar-refractivity contribution in [2.24, 2.45) is 17.3 Å². The predicted octanol–water partition coefficient (Wildman–Crippen LogP) is 0.760. The zero-order valence-corrected chi connectivity index (χ0v) is 8.43. The fourth-order valence-corrected chi connectivity index (χ4v) is 3.87. The zero-order valence-electron chi connectivity index (χ0n) is 8.43. The van der Waals surface area contributed by atoms with Crippen LogP contribution in [0.4, 0.5) is 0 Å². The van der Waals surface area contributed by atoms with E-state index in [-0.39, 0.29) is 0 Å². The van der Waals surface area contributed by atoms with Crippen molar-refractivity contribution in [3.05, 3.63) is 12.2 Å². The van der Waals surface area contributed by atoms with Crippen LogP contribution in [0.1, 0.15) is 13.3 Å². The van der Waals surface area contributed by atoms with Crippen LogP contribution in [0.25, 0.3) is 0 Å². The minimum atomic E-state index is 0.322. The van der Waals surface area contributed by atoms with Crippen molar-refractivity contribution >= 4 is 0 Å². The number of allylic oxidation sites excluding steroid dienone is 1. The number of fused-ring (bicyclic) bond motifs is 5. The predicted molar refractivity (Wildman–Crippen MR) is 53.5 cm³/mol. The van der Waals surface area contributed by atoms with Crippen LogP contribution in [-0.4, -0.2) is 25.7 Å². The lowest BCUT2D eigenvalue weighted by Crippen LogP contribution is -2.46. The average Bonchev–Trinajstić information content (AvgIpc) is 2.72. The zero-order chi connectivity index (χ0) is 9.10. The van der Waals surface area contributed by atoms with Gasteiger partial charge in [0.2, 0.25) is 0 Å². The molecule has 2 heteroatoms. The molecule has 2 fully saturated rings. The summed E-state index contributed by atoms with van der Waals surface area (Å²) >= 11 is 0. The Labute approximate surface area is 79.8 Å². The molecule has 2 nitrogen and oxygen atoms in total. The van der Waals surface area contributed by atoms with E-state index < -0.39 is 0 Å². The summed E-state index contributed by atoms with van der Waals surface area (Å²) in [7, 11) is 2.11. The lowest BCUT2D eigenvalue weighted by atomic mass is 9.76. The molecule has 1 saturated carbocycles. The molecule has 0 amide bonds. The van der Waals surface area contributed by atoms with Crippen LogP contribution < -0.4 is 10.6 Å². The van der Waals surface area contributed by atoms with Crippen molar-refractivity contribution in [1.82, 2.24) is 10.6 Å². The lowest BCUT2D eigenvalue weighted by Gasteiger charge is -2.32. The molecular formula is C11H18N2. The van der Waals surface area contributed by atoms with Crippen molar-refractivity contribution < 1.29 is 0 Å². The standard InChI is InChI=1S/C11H18N2/c1-10-3-4-11(7-10,12-2)9-6-13-5-8(9)10/h3-4,8-9,12-13H,5-7H2,1-2H3. The Morgan fingerprint density at radius 1 is 1.31 bits per heavy atom. The summed E-state index contributed by atoms with van der Waals surface area (Å²) in [6, 6.07) is 0. The molecule has 2 aliphatic carbocycles. The molecule has 0 aromatic carbocycles. The molecule has 3 aliphatic rings. The third-order valence-electron chi connectivity index (χ3n) is 4.62. The number of nitrogens with one attached hydrogen (secondary N) is 2. The van der Waals surface area contributed by atoms with Crippen molar-refractivity contribution in [2.75, 3.05) is 20.1 Å². The van der Waals surface area contributed by atoms with Crippen LogP contribution >= 0.6 is 0 Å². The van der Waals surface area contributed by atoms with E-state index in [1.165, 1.54) is 19.5 Å². The van der Waals surface area contributed by atoms with Gasteiger partial charge in [0.05, 0.1) is 0 Å². The molecule has 13 heavy (non-hydrogen) atoms. The maximum Gasteiger partial charge on any atom is 0.0414 e. The lowest BCUT2D eigenvalue weighted by molar-refractivity contribution is 0.282. The summed E-state index contributed by atoms with van der Waals surface area (Å²) < 4.78 is 0. The van der Waals surface area contributed by atoms with Crippen molar-refractivity contribution in [2.45, 2.75) is 18.9 Å². The Balaban J connectivity index is 2.06. The van der Waals surface area contributed by atoms with Crippen LogP contribution in [-0.2, 0) is 0 Å². The van der Waals surface area contributed by atoms with E-state index in [0.717, 1.165) is 11.8 Å². The Bertz CT molecular complexity index is 273. The van der Waals surface area contributed by atoms with Gasteiger partial charge >= 0.3 is 0 Å². The quantitative estimate of drug-likeness (QED) is 0.579. The van der Waals surface area contributed by atoms with E-state index in [0.29, 0.717) is 11.0 Å². The molecule has 1 saturated heterocycles. The largest absolute Gasteiger partial charge is 0.316 e. The van der Waals surface area contributed by atoms with Crippen LogP contribution in [0.3, 0.4) is 0 Å². The summed E-state index contributed by atoms with van der Waals surface area (Å²) in [4.78, 5) is 0. The molecule has 72 valence electrons. The summed E-state index contributed by atoms with van der Waals surface area (Å²) in [6.45, 7) is 4.83. The molecule has 4 unspecified atom stereocenters. The van der Waals surface area contributed by atoms with Crippen molar-refractivity contribution in [3.8, 4) is 0 Å². The molecule has 0 aromatic rings. The fourth-order valence-electron chi connectivity index (χ4n) is 3.87. The van der Waals surface area contributed by atoms with E-state index in [2.05, 4.69) is 36.8 Å². The molecule has 1 heterocycles. The first-order chi connectivity index (χ1) is 6.20. The molecule has 0 aromatic heterocycles. The van der Waals surface area contributed by atoms with Crippen molar-refractivity contribution in [1.29, 1.82) is 0 Å². The van der Waals surface area contributed by atoms with Gasteiger partial charge in [-0.15, -0.1) is 0 Å². The highest BCUT2D eigenvalue weighted by molar-refractivity contribution is 5.32. The molecule has 3 rings (SSSR count). The monoisotopic (exact) mass is 178 g/mol. The smallest absolute Gasteiger partial charge is 0.0414 e. The maximum atomic E-state index is 3.54. The minimum Gasteiger partial charge on any atom is -0.316 e. The number of likely N-dealkylation sites (N-methyl/N-ethyl adjacent to an activating group) is 1. The van der Waals surface area contributed by atoms with Gasteiger partial charge in [-0.1, -0.05) is 19.1 Å². The van der Waals surface area contributed by atoms with Crippen LogP contribution in [0.2, 0.25) is 0 Å². The van der Waals surface area contributed by atoms with Gasteiger partial charge in [-0.05, 0) is 37.3 Å². The van der Waals surface area contributed by atoms with Gasteiger partial charge in [0, 0.05) is 12.1 Å². The van der Waals surface area contributed by atoms with Crippen molar-refractivity contribution in [3.63, 3.8) is 0 Å². The van der Waals surface area contributed by atoms with Gasteiger partial charge < -0.3 is 10.6 Å². The SMILES string of the molecule is CNC12C=CC(C)(C1)C1CNCC12. The van der Waals surface area contributed by atoms with E-state index in [9.17, 15) is 0 Å². The van der Waals surface area contributed by atoms with Crippen LogP contribution in [0.15, 0.2) is 12.2 Å². The van der Waals surface area contributed by atoms with E-state index in [4.69, 9.17) is 0 Å². The van der Waals surface area contributed by atoms with Gasteiger partial charge in [-0.25, -0.2) is 0 Å². The highest BCUT2D eigenvalue weighted by atomic mass is 15.1. The summed E-state index contributed by atoms with van der Waals surface area (Å²) in [5, 5.41) is 7.07. The van der Waals surface area contributed by atoms with Gasteiger partial charge in [0.1, 0.15) is 0 Å². The van der Waals surface area contributed by atoms with Crippen LogP contribution in [0, 0.1) is 17.3 Å². The first-order valence-electron chi connectivity index (χ1n) is 5.30. The minimum absolute atomic E-state index is 0.322. The molecular weight excluding hydrogens is 160 g/mol. The van der Waals surface area contributed by atoms with Crippen LogP contribution in [0.5, 0.6) is 0 Å². The summed E-state index contributed by atoms with van der Waals surface area (Å²) in [6.07, 6.45) is 6.17. The highest BCUT2D eigenvalue weighted by Crippen LogP contribution is 2.59. The fraction of sp³-hybridized carbons (Fsp3) is 0.818. The summed E-state index contributed by atoms with van der Waals surface area (Å²) in [5.74, 6) is 1.69. The maximum absolute atomic E-state index is 3.54. The molecule has 4 atom stereocenters. The number of rotatable bonds is 1. The van der Waals surface area contributed by atoms with E-state index >= 15 is 0 Å². The second-order valence-corrected chi connectivity index (χ2v) is 5.18. The van der Waals surface area contributed by atoms with Gasteiger partial charge in [0.25, 0.3) is 0 Å². The Hall–Kier alpha value is -0.340. The first kappa shape index (κ1) is 8.01. The topological polar surface area (TPSA) is 24.1 Å². The molecule has 0 radical (unpaired) electrons. The normalized spacial score (nSPS) is 57.4. The number of hydrogen-bond acceptors (Lipinski definition) is 2.